The molecule has 0 unspecified atom stereocenters. The van der Waals surface area contributed by atoms with Gasteiger partial charge in [0.15, 0.2) is 17.2 Å². The first-order chi connectivity index (χ1) is 10.7. The molecule has 0 bridgehead atoms. The number of aromatic carboxylic acids is 1. The molecule has 3 rings (SSSR count). The predicted octanol–water partition coefficient (Wildman–Crippen LogP) is 2.42. The molecule has 0 amide bonds. The van der Waals surface area contributed by atoms with Crippen LogP contribution in [0.2, 0.25) is 0 Å². The van der Waals surface area contributed by atoms with E-state index in [0.717, 1.165) is 6.42 Å². The Morgan fingerprint density at radius 3 is 3.00 bits per heavy atom. The fourth-order valence-corrected chi connectivity index (χ4v) is 1.91. The number of rotatable bonds is 6. The van der Waals surface area contributed by atoms with Gasteiger partial charge in [0.05, 0.1) is 6.61 Å². The number of hydrogen-bond donors (Lipinski definition) is 2. The summed E-state index contributed by atoms with van der Waals surface area (Å²) in [6.45, 7) is 2.49. The first kappa shape index (κ1) is 14.1. The molecule has 8 nitrogen and oxygen atoms in total. The summed E-state index contributed by atoms with van der Waals surface area (Å²) >= 11 is 0. The lowest BCUT2D eigenvalue weighted by Gasteiger charge is -2.08. The number of carboxylic acids is 1. The fraction of sp³-hybridized carbons (Fsp3) is 0.286. The van der Waals surface area contributed by atoms with Crippen LogP contribution < -0.4 is 18.9 Å². The lowest BCUT2D eigenvalue weighted by Crippen LogP contribution is -2.01. The molecule has 0 fully saturated rings. The van der Waals surface area contributed by atoms with Crippen LogP contribution in [0.5, 0.6) is 28.9 Å². The molecule has 2 N–H and O–H groups in total. The molecular formula is C14H14N2O6. The Balaban J connectivity index is 1.89. The minimum absolute atomic E-state index is 0.0276. The average molecular weight is 306 g/mol. The second kappa shape index (κ2) is 5.84. The van der Waals surface area contributed by atoms with Gasteiger partial charge in [-0.15, -0.1) is 5.10 Å². The zero-order chi connectivity index (χ0) is 15.5. The molecule has 1 aliphatic heterocycles. The van der Waals surface area contributed by atoms with Gasteiger partial charge in [-0.25, -0.2) is 4.79 Å². The number of H-pyrrole nitrogens is 1. The third kappa shape index (κ3) is 2.62. The van der Waals surface area contributed by atoms with E-state index in [1.54, 1.807) is 18.2 Å². The molecule has 1 aromatic heterocycles. The summed E-state index contributed by atoms with van der Waals surface area (Å²) in [4.78, 5) is 11.2. The van der Waals surface area contributed by atoms with Crippen molar-refractivity contribution in [2.24, 2.45) is 0 Å². The number of carbonyl (C=O) groups is 1. The molecule has 0 saturated heterocycles. The zero-order valence-corrected chi connectivity index (χ0v) is 11.8. The van der Waals surface area contributed by atoms with Crippen molar-refractivity contribution in [3.8, 4) is 28.9 Å². The van der Waals surface area contributed by atoms with E-state index < -0.39 is 5.97 Å². The van der Waals surface area contributed by atoms with Gasteiger partial charge >= 0.3 is 5.97 Å². The van der Waals surface area contributed by atoms with Gasteiger partial charge < -0.3 is 24.1 Å². The SMILES string of the molecule is CCCOc1n[nH]c(C(=O)O)c1Oc1ccc2c(c1)OCO2. The van der Waals surface area contributed by atoms with Crippen molar-refractivity contribution in [3.05, 3.63) is 23.9 Å². The molecule has 0 spiro atoms. The number of nitrogens with zero attached hydrogens (tertiary/aromatic N) is 1. The van der Waals surface area contributed by atoms with Crippen LogP contribution in [0.3, 0.4) is 0 Å². The van der Waals surface area contributed by atoms with Crippen LogP contribution in [0.4, 0.5) is 0 Å². The third-order valence-corrected chi connectivity index (χ3v) is 2.91. The fourth-order valence-electron chi connectivity index (χ4n) is 1.91. The summed E-state index contributed by atoms with van der Waals surface area (Å²) in [6.07, 6.45) is 0.763. The topological polar surface area (TPSA) is 103 Å². The van der Waals surface area contributed by atoms with Crippen molar-refractivity contribution in [1.29, 1.82) is 0 Å². The number of nitrogens with one attached hydrogen (secondary N) is 1. The van der Waals surface area contributed by atoms with Crippen LogP contribution in [0.15, 0.2) is 18.2 Å². The van der Waals surface area contributed by atoms with Crippen LogP contribution in [0.1, 0.15) is 23.8 Å². The maximum absolute atomic E-state index is 11.2. The molecular weight excluding hydrogens is 292 g/mol. The molecule has 2 aromatic rings. The number of fused-ring (bicyclic) bond motifs is 1. The summed E-state index contributed by atoms with van der Waals surface area (Å²) in [5.41, 5.74) is -0.177. The monoisotopic (exact) mass is 306 g/mol. The molecule has 1 aromatic carbocycles. The lowest BCUT2D eigenvalue weighted by atomic mass is 10.3. The maximum Gasteiger partial charge on any atom is 0.358 e. The number of benzene rings is 1. The van der Waals surface area contributed by atoms with Crippen molar-refractivity contribution >= 4 is 5.97 Å². The number of aromatic nitrogens is 2. The Morgan fingerprint density at radius 1 is 1.41 bits per heavy atom. The van der Waals surface area contributed by atoms with Gasteiger partial charge in [0.2, 0.25) is 12.5 Å². The molecule has 0 atom stereocenters. The molecule has 0 radical (unpaired) electrons. The molecule has 8 heteroatoms. The van der Waals surface area contributed by atoms with Crippen molar-refractivity contribution in [3.63, 3.8) is 0 Å². The number of ether oxygens (including phenoxy) is 4. The van der Waals surface area contributed by atoms with Gasteiger partial charge in [-0.05, 0) is 18.6 Å². The highest BCUT2D eigenvalue weighted by Gasteiger charge is 2.23. The smallest absolute Gasteiger partial charge is 0.358 e. The Morgan fingerprint density at radius 2 is 2.23 bits per heavy atom. The van der Waals surface area contributed by atoms with E-state index in [1.807, 2.05) is 6.92 Å². The van der Waals surface area contributed by atoms with E-state index in [9.17, 15) is 9.90 Å². The van der Waals surface area contributed by atoms with Crippen LogP contribution >= 0.6 is 0 Å². The largest absolute Gasteiger partial charge is 0.476 e. The maximum atomic E-state index is 11.2. The van der Waals surface area contributed by atoms with E-state index in [4.69, 9.17) is 18.9 Å². The highest BCUT2D eigenvalue weighted by molar-refractivity contribution is 5.89. The molecule has 1 aliphatic rings. The summed E-state index contributed by atoms with van der Waals surface area (Å²) in [7, 11) is 0. The molecule has 0 saturated carbocycles. The van der Waals surface area contributed by atoms with Gasteiger partial charge in [-0.2, -0.15) is 0 Å². The quantitative estimate of drug-likeness (QED) is 0.844. The minimum Gasteiger partial charge on any atom is -0.476 e. The Hall–Kier alpha value is -2.90. The predicted molar refractivity (Wildman–Crippen MR) is 74.0 cm³/mol. The van der Waals surface area contributed by atoms with Gasteiger partial charge in [0.25, 0.3) is 5.88 Å². The number of hydrogen-bond acceptors (Lipinski definition) is 6. The highest BCUT2D eigenvalue weighted by atomic mass is 16.7. The number of aromatic amines is 1. The zero-order valence-electron chi connectivity index (χ0n) is 11.8. The van der Waals surface area contributed by atoms with Gasteiger partial charge in [-0.1, -0.05) is 6.92 Å². The van der Waals surface area contributed by atoms with E-state index in [-0.39, 0.29) is 24.1 Å². The van der Waals surface area contributed by atoms with E-state index in [0.29, 0.717) is 23.9 Å². The highest BCUT2D eigenvalue weighted by Crippen LogP contribution is 2.39. The van der Waals surface area contributed by atoms with Crippen molar-refractivity contribution in [1.82, 2.24) is 10.2 Å². The second-order valence-electron chi connectivity index (χ2n) is 4.50. The lowest BCUT2D eigenvalue weighted by molar-refractivity contribution is 0.0687. The van der Waals surface area contributed by atoms with Crippen molar-refractivity contribution in [2.45, 2.75) is 13.3 Å². The summed E-state index contributed by atoms with van der Waals surface area (Å²) in [6, 6.07) is 4.95. The summed E-state index contributed by atoms with van der Waals surface area (Å²) in [5, 5.41) is 15.4. The van der Waals surface area contributed by atoms with Gasteiger partial charge in [-0.3, -0.25) is 5.10 Å². The van der Waals surface area contributed by atoms with Crippen LogP contribution in [-0.4, -0.2) is 34.7 Å². The van der Waals surface area contributed by atoms with Gasteiger partial charge in [0.1, 0.15) is 5.75 Å². The first-order valence-corrected chi connectivity index (χ1v) is 6.71. The van der Waals surface area contributed by atoms with Crippen LogP contribution in [0, 0.1) is 0 Å². The summed E-state index contributed by atoms with van der Waals surface area (Å²) in [5.74, 6) is 0.496. The second-order valence-corrected chi connectivity index (χ2v) is 4.50. The Bertz CT molecular complexity index is 697. The van der Waals surface area contributed by atoms with Crippen molar-refractivity contribution < 1.29 is 28.8 Å². The molecule has 2 heterocycles. The van der Waals surface area contributed by atoms with E-state index >= 15 is 0 Å². The standard InChI is InChI=1S/C14H14N2O6/c1-2-5-19-13-12(11(14(17)18)15-16-13)22-8-3-4-9-10(6-8)21-7-20-9/h3-4,6H,2,5,7H2,1H3,(H,15,16)(H,17,18). The molecule has 116 valence electrons. The van der Waals surface area contributed by atoms with Crippen LogP contribution in [-0.2, 0) is 0 Å². The average Bonchev–Trinajstić information content (AvgIpc) is 3.11. The Kier molecular flexibility index (Phi) is 3.73. The molecule has 0 aliphatic carbocycles. The van der Waals surface area contributed by atoms with Gasteiger partial charge in [0, 0.05) is 6.07 Å². The van der Waals surface area contributed by atoms with E-state index in [2.05, 4.69) is 10.2 Å². The number of carboxylic acid groups (broad SMARTS) is 1. The van der Waals surface area contributed by atoms with Crippen molar-refractivity contribution in [2.75, 3.05) is 13.4 Å². The molecule has 22 heavy (non-hydrogen) atoms. The first-order valence-electron chi connectivity index (χ1n) is 6.71. The van der Waals surface area contributed by atoms with Crippen LogP contribution in [0.25, 0.3) is 0 Å². The Labute approximate surface area is 125 Å². The summed E-state index contributed by atoms with van der Waals surface area (Å²) < 4.78 is 21.5. The minimum atomic E-state index is -1.19. The van der Waals surface area contributed by atoms with E-state index in [1.165, 1.54) is 0 Å². The normalized spacial score (nSPS) is 12.2. The third-order valence-electron chi connectivity index (χ3n) is 2.91.